The number of amides is 2. The van der Waals surface area contributed by atoms with Crippen LogP contribution in [0.5, 0.6) is 0 Å². The minimum Gasteiger partial charge on any atom is -0.326 e. The first kappa shape index (κ1) is 14.9. The molecule has 24 heavy (non-hydrogen) atoms. The summed E-state index contributed by atoms with van der Waals surface area (Å²) in [6, 6.07) is 17.1. The zero-order valence-corrected chi connectivity index (χ0v) is 13.7. The van der Waals surface area contributed by atoms with Gasteiger partial charge in [-0.25, -0.2) is 0 Å². The monoisotopic (exact) mass is 336 g/mol. The summed E-state index contributed by atoms with van der Waals surface area (Å²) in [5.74, 6) is 0.0756. The van der Waals surface area contributed by atoms with Crippen LogP contribution >= 0.6 is 11.3 Å². The highest BCUT2D eigenvalue weighted by Gasteiger charge is 2.29. The van der Waals surface area contributed by atoms with Crippen LogP contribution in [0.15, 0.2) is 54.6 Å². The number of fused-ring (bicyclic) bond motifs is 1. The highest BCUT2D eigenvalue weighted by atomic mass is 32.1. The van der Waals surface area contributed by atoms with Crippen LogP contribution in [0.25, 0.3) is 10.1 Å². The molecule has 1 saturated carbocycles. The third-order valence-corrected chi connectivity index (χ3v) is 5.10. The standard InChI is InChI=1S/C19H16N2O2S/c22-18(12-8-9-12)20-14-5-3-6-15(11-14)21-19(23)17-10-13-4-1-2-7-16(13)24-17/h1-7,10-12H,8-9H2,(H,20,22)(H,21,23). The lowest BCUT2D eigenvalue weighted by Crippen LogP contribution is -2.14. The summed E-state index contributed by atoms with van der Waals surface area (Å²) in [4.78, 5) is 24.9. The second-order valence-electron chi connectivity index (χ2n) is 5.95. The molecular weight excluding hydrogens is 320 g/mol. The molecule has 1 fully saturated rings. The summed E-state index contributed by atoms with van der Waals surface area (Å²) >= 11 is 1.47. The molecule has 0 radical (unpaired) electrons. The van der Waals surface area contributed by atoms with Gasteiger partial charge in [-0.1, -0.05) is 24.3 Å². The highest BCUT2D eigenvalue weighted by Crippen LogP contribution is 2.30. The zero-order valence-electron chi connectivity index (χ0n) is 12.9. The lowest BCUT2D eigenvalue weighted by molar-refractivity contribution is -0.117. The van der Waals surface area contributed by atoms with Gasteiger partial charge in [0.15, 0.2) is 0 Å². The van der Waals surface area contributed by atoms with Gasteiger partial charge >= 0.3 is 0 Å². The Labute approximate surface area is 143 Å². The smallest absolute Gasteiger partial charge is 0.265 e. The van der Waals surface area contributed by atoms with E-state index in [0.717, 1.165) is 22.9 Å². The molecule has 0 unspecified atom stereocenters. The maximum absolute atomic E-state index is 12.4. The SMILES string of the molecule is O=C(Nc1cccc(NC(=O)C2CC2)c1)c1cc2ccccc2s1. The fourth-order valence-electron chi connectivity index (χ4n) is 2.55. The third kappa shape index (κ3) is 3.16. The first-order chi connectivity index (χ1) is 11.7. The summed E-state index contributed by atoms with van der Waals surface area (Å²) in [6.45, 7) is 0. The number of benzene rings is 2. The number of carbonyl (C=O) groups is 2. The highest BCUT2D eigenvalue weighted by molar-refractivity contribution is 7.20. The Bertz CT molecular complexity index is 895. The summed E-state index contributed by atoms with van der Waals surface area (Å²) in [7, 11) is 0. The van der Waals surface area contributed by atoms with E-state index in [4.69, 9.17) is 0 Å². The van der Waals surface area contributed by atoms with Gasteiger partial charge in [-0.05, 0) is 48.6 Å². The van der Waals surface area contributed by atoms with E-state index in [0.29, 0.717) is 16.3 Å². The fourth-order valence-corrected chi connectivity index (χ4v) is 3.51. The Kier molecular flexibility index (Phi) is 3.78. The number of nitrogens with one attached hydrogen (secondary N) is 2. The van der Waals surface area contributed by atoms with Crippen molar-refractivity contribution >= 4 is 44.6 Å². The molecule has 0 aliphatic heterocycles. The van der Waals surface area contributed by atoms with Gasteiger partial charge in [-0.15, -0.1) is 11.3 Å². The minimum absolute atomic E-state index is 0.0583. The Morgan fingerprint density at radius 3 is 2.42 bits per heavy atom. The number of carbonyl (C=O) groups excluding carboxylic acids is 2. The largest absolute Gasteiger partial charge is 0.326 e. The molecule has 4 nitrogen and oxygen atoms in total. The van der Waals surface area contributed by atoms with E-state index in [1.165, 1.54) is 11.3 Å². The molecule has 1 aromatic heterocycles. The van der Waals surface area contributed by atoms with Gasteiger partial charge < -0.3 is 10.6 Å². The average molecular weight is 336 g/mol. The first-order valence-electron chi connectivity index (χ1n) is 7.90. The number of rotatable bonds is 4. The van der Waals surface area contributed by atoms with Gasteiger partial charge in [0.25, 0.3) is 5.91 Å². The van der Waals surface area contributed by atoms with Gasteiger partial charge in [0.2, 0.25) is 5.91 Å². The molecule has 0 saturated heterocycles. The van der Waals surface area contributed by atoms with Crippen LogP contribution in [0.1, 0.15) is 22.5 Å². The van der Waals surface area contributed by atoms with Crippen LogP contribution in [0.3, 0.4) is 0 Å². The predicted octanol–water partition coefficient (Wildman–Crippen LogP) is 4.50. The lowest BCUT2D eigenvalue weighted by atomic mass is 10.2. The van der Waals surface area contributed by atoms with Crippen LogP contribution in [0.2, 0.25) is 0 Å². The molecule has 1 aliphatic rings. The van der Waals surface area contributed by atoms with Gasteiger partial charge in [-0.3, -0.25) is 9.59 Å². The van der Waals surface area contributed by atoms with Crippen LogP contribution in [-0.2, 0) is 4.79 Å². The van der Waals surface area contributed by atoms with Crippen molar-refractivity contribution in [3.8, 4) is 0 Å². The van der Waals surface area contributed by atoms with E-state index in [1.807, 2.05) is 48.5 Å². The summed E-state index contributed by atoms with van der Waals surface area (Å²) in [6.07, 6.45) is 1.93. The topological polar surface area (TPSA) is 58.2 Å². The lowest BCUT2D eigenvalue weighted by Gasteiger charge is -2.08. The van der Waals surface area contributed by atoms with E-state index >= 15 is 0 Å². The van der Waals surface area contributed by atoms with Crippen LogP contribution in [-0.4, -0.2) is 11.8 Å². The second-order valence-corrected chi connectivity index (χ2v) is 7.03. The van der Waals surface area contributed by atoms with Crippen molar-refractivity contribution in [3.63, 3.8) is 0 Å². The van der Waals surface area contributed by atoms with E-state index in [2.05, 4.69) is 10.6 Å². The number of anilines is 2. The van der Waals surface area contributed by atoms with Gasteiger partial charge in [-0.2, -0.15) is 0 Å². The Hall–Kier alpha value is -2.66. The van der Waals surface area contributed by atoms with Crippen molar-refractivity contribution in [1.82, 2.24) is 0 Å². The molecule has 4 rings (SSSR count). The maximum atomic E-state index is 12.4. The molecule has 0 bridgehead atoms. The first-order valence-corrected chi connectivity index (χ1v) is 8.71. The van der Waals surface area contributed by atoms with Gasteiger partial charge in [0, 0.05) is 22.0 Å². The number of hydrogen-bond donors (Lipinski definition) is 2. The van der Waals surface area contributed by atoms with Crippen molar-refractivity contribution < 1.29 is 9.59 Å². The van der Waals surface area contributed by atoms with Crippen LogP contribution in [0, 0.1) is 5.92 Å². The maximum Gasteiger partial charge on any atom is 0.265 e. The predicted molar refractivity (Wildman–Crippen MR) is 97.6 cm³/mol. The normalized spacial score (nSPS) is 13.7. The molecule has 0 atom stereocenters. The Balaban J connectivity index is 1.49. The summed E-state index contributed by atoms with van der Waals surface area (Å²) in [5, 5.41) is 6.86. The molecule has 1 aliphatic carbocycles. The van der Waals surface area contributed by atoms with E-state index in [9.17, 15) is 9.59 Å². The minimum atomic E-state index is -0.137. The zero-order chi connectivity index (χ0) is 16.5. The number of thiophene rings is 1. The van der Waals surface area contributed by atoms with Crippen molar-refractivity contribution in [2.75, 3.05) is 10.6 Å². The van der Waals surface area contributed by atoms with E-state index < -0.39 is 0 Å². The van der Waals surface area contributed by atoms with Gasteiger partial charge in [0.1, 0.15) is 0 Å². The van der Waals surface area contributed by atoms with Crippen molar-refractivity contribution in [1.29, 1.82) is 0 Å². The van der Waals surface area contributed by atoms with E-state index in [1.54, 1.807) is 6.07 Å². The number of hydrogen-bond acceptors (Lipinski definition) is 3. The fraction of sp³-hybridized carbons (Fsp3) is 0.158. The molecule has 1 heterocycles. The van der Waals surface area contributed by atoms with Crippen molar-refractivity contribution in [3.05, 3.63) is 59.5 Å². The molecular formula is C19H16N2O2S. The molecule has 5 heteroatoms. The molecule has 120 valence electrons. The van der Waals surface area contributed by atoms with E-state index in [-0.39, 0.29) is 17.7 Å². The second kappa shape index (κ2) is 6.09. The molecule has 2 N–H and O–H groups in total. The summed E-state index contributed by atoms with van der Waals surface area (Å²) < 4.78 is 1.09. The molecule has 3 aromatic rings. The van der Waals surface area contributed by atoms with Crippen LogP contribution < -0.4 is 10.6 Å². The van der Waals surface area contributed by atoms with Crippen molar-refractivity contribution in [2.45, 2.75) is 12.8 Å². The van der Waals surface area contributed by atoms with Crippen LogP contribution in [0.4, 0.5) is 11.4 Å². The molecule has 2 aromatic carbocycles. The third-order valence-electron chi connectivity index (χ3n) is 3.99. The summed E-state index contributed by atoms with van der Waals surface area (Å²) in [5.41, 5.74) is 1.38. The average Bonchev–Trinajstić information content (AvgIpc) is 3.34. The van der Waals surface area contributed by atoms with Gasteiger partial charge in [0.05, 0.1) is 4.88 Å². The Morgan fingerprint density at radius 2 is 1.67 bits per heavy atom. The molecule has 0 spiro atoms. The molecule has 2 amide bonds. The Morgan fingerprint density at radius 1 is 0.917 bits per heavy atom. The quantitative estimate of drug-likeness (QED) is 0.737. The van der Waals surface area contributed by atoms with Crippen molar-refractivity contribution in [2.24, 2.45) is 5.92 Å².